The van der Waals surface area contributed by atoms with Crippen LogP contribution in [-0.4, -0.2) is 45.1 Å². The molecule has 8 heteroatoms. The van der Waals surface area contributed by atoms with Gasteiger partial charge in [0.1, 0.15) is 0 Å². The maximum atomic E-state index is 13.2. The Balaban J connectivity index is 1.46. The number of carbonyl (C=O) groups excluding carboxylic acids is 2. The third kappa shape index (κ3) is 6.01. The van der Waals surface area contributed by atoms with Crippen LogP contribution in [0.4, 0.5) is 0 Å². The smallest absolute Gasteiger partial charge is 0.262 e. The summed E-state index contributed by atoms with van der Waals surface area (Å²) in [6, 6.07) is 16.9. The first-order valence-electron chi connectivity index (χ1n) is 11.3. The highest BCUT2D eigenvalue weighted by atomic mass is 32.2. The molecule has 172 valence electrons. The molecule has 0 spiro atoms. The lowest BCUT2D eigenvalue weighted by Gasteiger charge is -2.27. The molecule has 2 heterocycles. The van der Waals surface area contributed by atoms with Crippen LogP contribution in [0.15, 0.2) is 64.5 Å². The number of para-hydroxylation sites is 1. The minimum absolute atomic E-state index is 0.0614. The van der Waals surface area contributed by atoms with E-state index < -0.39 is 0 Å². The van der Waals surface area contributed by atoms with Crippen LogP contribution >= 0.6 is 11.8 Å². The van der Waals surface area contributed by atoms with Crippen molar-refractivity contribution in [2.75, 3.05) is 18.8 Å². The molecule has 33 heavy (non-hydrogen) atoms. The maximum absolute atomic E-state index is 13.2. The molecule has 4 rings (SSSR count). The van der Waals surface area contributed by atoms with Crippen LogP contribution < -0.4 is 10.9 Å². The number of likely N-dealkylation sites (tertiary alicyclic amines) is 1. The van der Waals surface area contributed by atoms with Gasteiger partial charge in [-0.15, -0.1) is 0 Å². The van der Waals surface area contributed by atoms with Crippen LogP contribution in [0.2, 0.25) is 0 Å². The molecule has 0 saturated carbocycles. The van der Waals surface area contributed by atoms with Crippen molar-refractivity contribution in [1.82, 2.24) is 19.8 Å². The van der Waals surface area contributed by atoms with Crippen LogP contribution in [0, 0.1) is 0 Å². The van der Waals surface area contributed by atoms with Gasteiger partial charge in [0, 0.05) is 32.6 Å². The second-order valence-corrected chi connectivity index (χ2v) is 9.05. The standard InChI is InChI=1S/C25H28N4O3S/c30-22(26-17-19-9-3-1-4-10-19)18-33-25-27-21-12-6-5-11-20(21)24(32)29(25)16-13-23(31)28-14-7-2-8-15-28/h1,3-6,9-12H,2,7-8,13-18H2,(H,26,30). The Kier molecular flexibility index (Phi) is 7.78. The quantitative estimate of drug-likeness (QED) is 0.409. The first-order chi connectivity index (χ1) is 16.1. The number of carbonyl (C=O) groups is 2. The minimum Gasteiger partial charge on any atom is -0.351 e. The van der Waals surface area contributed by atoms with Gasteiger partial charge in [-0.05, 0) is 37.0 Å². The van der Waals surface area contributed by atoms with E-state index >= 15 is 0 Å². The molecular formula is C25H28N4O3S. The van der Waals surface area contributed by atoms with Crippen molar-refractivity contribution in [2.24, 2.45) is 0 Å². The molecule has 1 fully saturated rings. The molecule has 0 bridgehead atoms. The average Bonchev–Trinajstić information content (AvgIpc) is 2.86. The van der Waals surface area contributed by atoms with Crippen molar-refractivity contribution in [3.05, 3.63) is 70.5 Å². The monoisotopic (exact) mass is 464 g/mol. The van der Waals surface area contributed by atoms with E-state index in [1.165, 1.54) is 11.8 Å². The van der Waals surface area contributed by atoms with Crippen molar-refractivity contribution in [3.63, 3.8) is 0 Å². The van der Waals surface area contributed by atoms with E-state index in [2.05, 4.69) is 10.3 Å². The number of hydrogen-bond donors (Lipinski definition) is 1. The number of piperidine rings is 1. The molecule has 1 aliphatic rings. The van der Waals surface area contributed by atoms with Crippen LogP contribution in [0.1, 0.15) is 31.2 Å². The Morgan fingerprint density at radius 1 is 0.970 bits per heavy atom. The van der Waals surface area contributed by atoms with Crippen LogP contribution in [-0.2, 0) is 22.7 Å². The summed E-state index contributed by atoms with van der Waals surface area (Å²) in [7, 11) is 0. The fourth-order valence-electron chi connectivity index (χ4n) is 3.94. The van der Waals surface area contributed by atoms with Gasteiger partial charge in [0.2, 0.25) is 11.8 Å². The number of fused-ring (bicyclic) bond motifs is 1. The zero-order chi connectivity index (χ0) is 23.0. The van der Waals surface area contributed by atoms with Gasteiger partial charge in [-0.2, -0.15) is 0 Å². The SMILES string of the molecule is O=C(CSc1nc2ccccc2c(=O)n1CCC(=O)N1CCCCC1)NCc1ccccc1. The number of aromatic nitrogens is 2. The zero-order valence-electron chi connectivity index (χ0n) is 18.5. The molecular weight excluding hydrogens is 436 g/mol. The van der Waals surface area contributed by atoms with Crippen molar-refractivity contribution < 1.29 is 9.59 Å². The van der Waals surface area contributed by atoms with Gasteiger partial charge in [-0.1, -0.05) is 54.2 Å². The van der Waals surface area contributed by atoms with Gasteiger partial charge in [-0.3, -0.25) is 19.0 Å². The number of nitrogens with zero attached hydrogens (tertiary/aromatic N) is 3. The summed E-state index contributed by atoms with van der Waals surface area (Å²) in [6.45, 7) is 2.27. The van der Waals surface area contributed by atoms with E-state index in [4.69, 9.17) is 0 Å². The molecule has 2 amide bonds. The third-order valence-electron chi connectivity index (χ3n) is 5.75. The second-order valence-electron chi connectivity index (χ2n) is 8.11. The second kappa shape index (κ2) is 11.1. The first kappa shape index (κ1) is 23.0. The highest BCUT2D eigenvalue weighted by Gasteiger charge is 2.18. The van der Waals surface area contributed by atoms with Gasteiger partial charge < -0.3 is 10.2 Å². The molecule has 1 aliphatic heterocycles. The number of hydrogen-bond acceptors (Lipinski definition) is 5. The van der Waals surface area contributed by atoms with Crippen LogP contribution in [0.5, 0.6) is 0 Å². The zero-order valence-corrected chi connectivity index (χ0v) is 19.4. The summed E-state index contributed by atoms with van der Waals surface area (Å²) in [5, 5.41) is 3.87. The first-order valence-corrected chi connectivity index (χ1v) is 12.3. The van der Waals surface area contributed by atoms with E-state index in [0.717, 1.165) is 37.9 Å². The van der Waals surface area contributed by atoms with Crippen LogP contribution in [0.3, 0.4) is 0 Å². The van der Waals surface area contributed by atoms with E-state index in [1.54, 1.807) is 22.8 Å². The minimum atomic E-state index is -0.181. The molecule has 1 aromatic heterocycles. The molecule has 2 aromatic carbocycles. The summed E-state index contributed by atoms with van der Waals surface area (Å²) in [5.41, 5.74) is 1.43. The molecule has 1 N–H and O–H groups in total. The number of nitrogens with one attached hydrogen (secondary N) is 1. The number of thioether (sulfide) groups is 1. The van der Waals surface area contributed by atoms with Crippen molar-refractivity contribution >= 4 is 34.5 Å². The molecule has 7 nitrogen and oxygen atoms in total. The number of benzene rings is 2. The lowest BCUT2D eigenvalue weighted by atomic mass is 10.1. The van der Waals surface area contributed by atoms with E-state index in [-0.39, 0.29) is 36.1 Å². The lowest BCUT2D eigenvalue weighted by Crippen LogP contribution is -2.36. The largest absolute Gasteiger partial charge is 0.351 e. The normalized spacial score (nSPS) is 13.8. The fourth-order valence-corrected chi connectivity index (χ4v) is 4.80. The maximum Gasteiger partial charge on any atom is 0.262 e. The molecule has 3 aromatic rings. The molecule has 0 unspecified atom stereocenters. The van der Waals surface area contributed by atoms with Crippen molar-refractivity contribution in [3.8, 4) is 0 Å². The molecule has 0 atom stereocenters. The summed E-state index contributed by atoms with van der Waals surface area (Å²) >= 11 is 1.22. The summed E-state index contributed by atoms with van der Waals surface area (Å²) in [6.07, 6.45) is 3.46. The molecule has 0 radical (unpaired) electrons. The fraction of sp³-hybridized carbons (Fsp3) is 0.360. The molecule has 1 saturated heterocycles. The summed E-state index contributed by atoms with van der Waals surface area (Å²) in [4.78, 5) is 44.8. The summed E-state index contributed by atoms with van der Waals surface area (Å²) < 4.78 is 1.54. The highest BCUT2D eigenvalue weighted by molar-refractivity contribution is 7.99. The Morgan fingerprint density at radius 2 is 1.70 bits per heavy atom. The third-order valence-corrected chi connectivity index (χ3v) is 6.73. The Bertz CT molecular complexity index is 1170. The molecule has 0 aliphatic carbocycles. The average molecular weight is 465 g/mol. The highest BCUT2D eigenvalue weighted by Crippen LogP contribution is 2.19. The predicted octanol–water partition coefficient (Wildman–Crippen LogP) is 3.21. The van der Waals surface area contributed by atoms with Crippen molar-refractivity contribution in [1.29, 1.82) is 0 Å². The predicted molar refractivity (Wildman–Crippen MR) is 130 cm³/mol. The van der Waals surface area contributed by atoms with E-state index in [0.29, 0.717) is 22.6 Å². The van der Waals surface area contributed by atoms with Gasteiger partial charge in [0.15, 0.2) is 5.16 Å². The van der Waals surface area contributed by atoms with Gasteiger partial charge in [0.05, 0.1) is 16.7 Å². The Labute approximate surface area is 197 Å². The number of amides is 2. The summed E-state index contributed by atoms with van der Waals surface area (Å²) in [5.74, 6) is 0.0611. The Hall–Kier alpha value is -3.13. The Morgan fingerprint density at radius 3 is 2.48 bits per heavy atom. The lowest BCUT2D eigenvalue weighted by molar-refractivity contribution is -0.132. The van der Waals surface area contributed by atoms with Gasteiger partial charge in [0.25, 0.3) is 5.56 Å². The van der Waals surface area contributed by atoms with Crippen LogP contribution in [0.25, 0.3) is 10.9 Å². The van der Waals surface area contributed by atoms with Gasteiger partial charge in [-0.25, -0.2) is 4.98 Å². The van der Waals surface area contributed by atoms with E-state index in [9.17, 15) is 14.4 Å². The van der Waals surface area contributed by atoms with Gasteiger partial charge >= 0.3 is 0 Å². The van der Waals surface area contributed by atoms with Crippen molar-refractivity contribution in [2.45, 2.75) is 43.9 Å². The van der Waals surface area contributed by atoms with E-state index in [1.807, 2.05) is 41.3 Å². The number of rotatable bonds is 8. The topological polar surface area (TPSA) is 84.3 Å².